The zero-order valence-corrected chi connectivity index (χ0v) is 17.3. The van der Waals surface area contributed by atoms with E-state index >= 15 is 0 Å². The maximum absolute atomic E-state index is 6.36. The molecule has 1 fully saturated rings. The molecule has 0 spiro atoms. The number of aromatic nitrogens is 3. The fourth-order valence-corrected chi connectivity index (χ4v) is 4.25. The predicted octanol–water partition coefficient (Wildman–Crippen LogP) is 5.25. The van der Waals surface area contributed by atoms with Crippen molar-refractivity contribution in [2.24, 2.45) is 5.92 Å². The van der Waals surface area contributed by atoms with Gasteiger partial charge >= 0.3 is 0 Å². The van der Waals surface area contributed by atoms with Gasteiger partial charge in [-0.1, -0.05) is 25.4 Å². The molecule has 0 aromatic carbocycles. The van der Waals surface area contributed by atoms with Crippen LogP contribution in [0.5, 0.6) is 0 Å². The van der Waals surface area contributed by atoms with Gasteiger partial charge < -0.3 is 15.6 Å². The Morgan fingerprint density at radius 3 is 2.96 bits per heavy atom. The first kappa shape index (κ1) is 19.2. The number of hydrogen-bond donors (Lipinski definition) is 3. The van der Waals surface area contributed by atoms with E-state index in [1.54, 1.807) is 6.20 Å². The fourth-order valence-electron chi connectivity index (χ4n) is 4.04. The molecule has 1 saturated carbocycles. The predicted molar refractivity (Wildman–Crippen MR) is 117 cm³/mol. The number of nitrogens with zero attached hydrogens (tertiary/aromatic N) is 2. The summed E-state index contributed by atoms with van der Waals surface area (Å²) in [4.78, 5) is 12.1. The van der Waals surface area contributed by atoms with Crippen LogP contribution in [0.3, 0.4) is 0 Å². The van der Waals surface area contributed by atoms with Crippen LogP contribution in [-0.4, -0.2) is 33.6 Å². The second-order valence-electron chi connectivity index (χ2n) is 8.17. The number of aromatic amines is 1. The van der Waals surface area contributed by atoms with Gasteiger partial charge in [0.25, 0.3) is 0 Å². The summed E-state index contributed by atoms with van der Waals surface area (Å²) in [6.07, 6.45) is 8.55. The summed E-state index contributed by atoms with van der Waals surface area (Å²) in [6, 6.07) is 9.02. The highest BCUT2D eigenvalue weighted by molar-refractivity contribution is 6.29. The first-order valence-corrected chi connectivity index (χ1v) is 10.6. The molecule has 148 valence electrons. The molecule has 1 aliphatic carbocycles. The Hall–Kier alpha value is -2.11. The van der Waals surface area contributed by atoms with Gasteiger partial charge in [0, 0.05) is 35.4 Å². The Morgan fingerprint density at radius 2 is 2.11 bits per heavy atom. The Bertz CT molecular complexity index is 936. The van der Waals surface area contributed by atoms with Gasteiger partial charge in [-0.15, -0.1) is 0 Å². The normalized spacial score (nSPS) is 20.0. The zero-order chi connectivity index (χ0) is 19.5. The van der Waals surface area contributed by atoms with E-state index in [1.807, 2.05) is 18.3 Å². The van der Waals surface area contributed by atoms with Crippen LogP contribution in [0.2, 0.25) is 5.15 Å². The summed E-state index contributed by atoms with van der Waals surface area (Å²) in [7, 11) is 0. The zero-order valence-electron chi connectivity index (χ0n) is 16.5. The van der Waals surface area contributed by atoms with Crippen molar-refractivity contribution in [3.05, 3.63) is 41.8 Å². The summed E-state index contributed by atoms with van der Waals surface area (Å²) in [6.45, 7) is 5.58. The molecule has 4 rings (SSSR count). The van der Waals surface area contributed by atoms with Gasteiger partial charge in [-0.3, -0.25) is 0 Å². The van der Waals surface area contributed by atoms with Crippen molar-refractivity contribution in [2.75, 3.05) is 11.9 Å². The fraction of sp³-hybridized carbons (Fsp3) is 0.455. The molecule has 28 heavy (non-hydrogen) atoms. The summed E-state index contributed by atoms with van der Waals surface area (Å²) < 4.78 is 0. The molecule has 0 amide bonds. The van der Waals surface area contributed by atoms with E-state index < -0.39 is 0 Å². The average molecular weight is 398 g/mol. The van der Waals surface area contributed by atoms with Gasteiger partial charge in [0.05, 0.1) is 0 Å². The average Bonchev–Trinajstić information content (AvgIpc) is 3.10. The summed E-state index contributed by atoms with van der Waals surface area (Å²) >= 11 is 6.36. The number of nitrogens with one attached hydrogen (secondary N) is 3. The SMILES string of the molecule is CC(C)CNC1CCCC(Nc2cc(-c3c[nH]c4ncccc34)cc(Cl)n2)C1. The Labute approximate surface area is 171 Å². The first-order valence-electron chi connectivity index (χ1n) is 10.2. The Kier molecular flexibility index (Phi) is 5.83. The topological polar surface area (TPSA) is 65.6 Å². The van der Waals surface area contributed by atoms with E-state index in [-0.39, 0.29) is 0 Å². The van der Waals surface area contributed by atoms with Crippen molar-refractivity contribution in [1.29, 1.82) is 0 Å². The molecule has 0 bridgehead atoms. The number of rotatable bonds is 6. The molecule has 6 heteroatoms. The minimum absolute atomic E-state index is 0.418. The van der Waals surface area contributed by atoms with Gasteiger partial charge in [0.1, 0.15) is 16.6 Å². The highest BCUT2D eigenvalue weighted by atomic mass is 35.5. The highest BCUT2D eigenvalue weighted by Crippen LogP contribution is 2.31. The third-order valence-corrected chi connectivity index (χ3v) is 5.59. The number of fused-ring (bicyclic) bond motifs is 1. The van der Waals surface area contributed by atoms with Crippen LogP contribution in [0, 0.1) is 5.92 Å². The molecule has 0 aliphatic heterocycles. The molecular formula is C22H28ClN5. The quantitative estimate of drug-likeness (QED) is 0.497. The Morgan fingerprint density at radius 1 is 1.25 bits per heavy atom. The van der Waals surface area contributed by atoms with E-state index in [4.69, 9.17) is 11.6 Å². The van der Waals surface area contributed by atoms with Crippen molar-refractivity contribution in [3.63, 3.8) is 0 Å². The van der Waals surface area contributed by atoms with Crippen molar-refractivity contribution in [1.82, 2.24) is 20.3 Å². The van der Waals surface area contributed by atoms with E-state index in [9.17, 15) is 0 Å². The molecular weight excluding hydrogens is 370 g/mol. The van der Waals surface area contributed by atoms with Crippen molar-refractivity contribution in [3.8, 4) is 11.1 Å². The van der Waals surface area contributed by atoms with E-state index in [0.29, 0.717) is 23.2 Å². The minimum atomic E-state index is 0.418. The van der Waals surface area contributed by atoms with Crippen molar-refractivity contribution >= 4 is 28.5 Å². The second kappa shape index (κ2) is 8.50. The van der Waals surface area contributed by atoms with E-state index in [1.165, 1.54) is 19.3 Å². The lowest BCUT2D eigenvalue weighted by Crippen LogP contribution is -2.40. The molecule has 3 N–H and O–H groups in total. The number of H-pyrrole nitrogens is 1. The molecule has 0 radical (unpaired) electrons. The molecule has 3 aromatic rings. The van der Waals surface area contributed by atoms with Crippen molar-refractivity contribution < 1.29 is 0 Å². The molecule has 2 atom stereocenters. The molecule has 5 nitrogen and oxygen atoms in total. The third-order valence-electron chi connectivity index (χ3n) is 5.40. The van der Waals surface area contributed by atoms with Gasteiger partial charge in [-0.2, -0.15) is 0 Å². The van der Waals surface area contributed by atoms with Gasteiger partial charge in [0.2, 0.25) is 0 Å². The Balaban J connectivity index is 1.51. The van der Waals surface area contributed by atoms with E-state index in [2.05, 4.69) is 51.6 Å². The van der Waals surface area contributed by atoms with Crippen LogP contribution in [0.4, 0.5) is 5.82 Å². The van der Waals surface area contributed by atoms with Crippen LogP contribution in [0.15, 0.2) is 36.7 Å². The first-order chi connectivity index (χ1) is 13.6. The van der Waals surface area contributed by atoms with Gasteiger partial charge in [-0.05, 0) is 68.0 Å². The molecule has 3 heterocycles. The summed E-state index contributed by atoms with van der Waals surface area (Å²) in [5.74, 6) is 1.52. The van der Waals surface area contributed by atoms with Gasteiger partial charge in [-0.25, -0.2) is 9.97 Å². The number of pyridine rings is 2. The van der Waals surface area contributed by atoms with Crippen LogP contribution >= 0.6 is 11.6 Å². The van der Waals surface area contributed by atoms with Crippen LogP contribution in [-0.2, 0) is 0 Å². The number of halogens is 1. The van der Waals surface area contributed by atoms with Crippen LogP contribution < -0.4 is 10.6 Å². The maximum Gasteiger partial charge on any atom is 0.137 e. The number of anilines is 1. The minimum Gasteiger partial charge on any atom is -0.367 e. The lowest BCUT2D eigenvalue weighted by Gasteiger charge is -2.31. The highest BCUT2D eigenvalue weighted by Gasteiger charge is 2.22. The summed E-state index contributed by atoms with van der Waals surface area (Å²) in [5, 5.41) is 8.93. The van der Waals surface area contributed by atoms with Gasteiger partial charge in [0.15, 0.2) is 0 Å². The third kappa shape index (κ3) is 4.47. The maximum atomic E-state index is 6.36. The second-order valence-corrected chi connectivity index (χ2v) is 8.56. The smallest absolute Gasteiger partial charge is 0.137 e. The van der Waals surface area contributed by atoms with Crippen LogP contribution in [0.1, 0.15) is 39.5 Å². The molecule has 3 aromatic heterocycles. The van der Waals surface area contributed by atoms with Crippen LogP contribution in [0.25, 0.3) is 22.2 Å². The van der Waals surface area contributed by atoms with E-state index in [0.717, 1.165) is 40.9 Å². The number of hydrogen-bond acceptors (Lipinski definition) is 4. The lowest BCUT2D eigenvalue weighted by atomic mass is 9.90. The standard InChI is InChI=1S/C22H28ClN5/c1-14(2)12-25-16-5-3-6-17(11-16)27-21-10-15(9-20(23)28-21)19-13-26-22-18(19)7-4-8-24-22/h4,7-10,13-14,16-17,25H,3,5-6,11-12H2,1-2H3,(H,24,26)(H,27,28). The molecule has 0 saturated heterocycles. The summed E-state index contributed by atoms with van der Waals surface area (Å²) in [5.41, 5.74) is 3.02. The molecule has 2 unspecified atom stereocenters. The largest absolute Gasteiger partial charge is 0.367 e. The monoisotopic (exact) mass is 397 g/mol. The molecule has 1 aliphatic rings. The lowest BCUT2D eigenvalue weighted by molar-refractivity contribution is 0.339. The van der Waals surface area contributed by atoms with Crippen molar-refractivity contribution in [2.45, 2.75) is 51.6 Å².